The molecule has 33 nitrogen and oxygen atoms in total. The molecule has 11 N–H and O–H groups in total. The Kier molecular flexibility index (Phi) is 34.4. The highest BCUT2D eigenvalue weighted by atomic mass is 35.5. The van der Waals surface area contributed by atoms with Gasteiger partial charge in [0.05, 0.1) is 6.54 Å². The number of aromatic nitrogens is 4. The van der Waals surface area contributed by atoms with Crippen molar-refractivity contribution in [2.45, 2.75) is 135 Å². The number of benzene rings is 3. The Bertz CT molecular complexity index is 3260. The summed E-state index contributed by atoms with van der Waals surface area (Å²) in [6.45, 7) is 15.2. The van der Waals surface area contributed by atoms with Crippen LogP contribution in [0, 0.1) is 24.9 Å². The Morgan fingerprint density at radius 1 is 0.542 bits per heavy atom. The van der Waals surface area contributed by atoms with E-state index < -0.39 is 65.9 Å². The smallest absolute Gasteiger partial charge is 0.408 e. The van der Waals surface area contributed by atoms with Gasteiger partial charge in [-0.1, -0.05) is 54.6 Å². The highest BCUT2D eigenvalue weighted by Crippen LogP contribution is 2.33. The summed E-state index contributed by atoms with van der Waals surface area (Å²) in [7, 11) is 5.56. The highest BCUT2D eigenvalue weighted by Gasteiger charge is 2.43. The summed E-state index contributed by atoms with van der Waals surface area (Å²) < 4.78 is 35.6. The fourth-order valence-corrected chi connectivity index (χ4v) is 9.31. The van der Waals surface area contributed by atoms with Gasteiger partial charge in [0.15, 0.2) is 0 Å². The standard InChI is InChI=1S/C21H27N5O5.C19H25N3O6.C16H19N5O3.C5H12O3.CH4O.ClH.H2N2.H2/c1-13-24-25-19(30-13)16-10-15(23-18(28)14-8-6-5-7-9-14)12-26(16)17(27)11-22-20(29)31-21(2,3)4;1-19(2,3)28-18(27)20-10-15(23)22-11-13(9-14(22)17(25)26)21-16(24)12-7-5-4-6-8-12;1-10-19-20-16(24-10)13-7-12(9-21(13)14(22)8-17)18-15(23)11-5-3-2-4-6-11;1-5(6-2,7-3)8-4;1-2;;1-2;/h5-9,15-16H,10-12H2,1-4H3,(H,22,29)(H,23,28);4-8,13-14H,9-11H2,1-3H3,(H,20,27)(H,21,24)(H,25,26);2-6,12-13H,7-9,17H2,1H3,(H,18,23);1-4H3;2H,1H3;1H;1-2H;1H/t15-,16+;13-,14+;12-,13+;;;;;/m111...../s1. The van der Waals surface area contributed by atoms with E-state index in [0.717, 1.165) is 12.0 Å². The van der Waals surface area contributed by atoms with Crippen molar-refractivity contribution in [2.24, 2.45) is 5.73 Å². The van der Waals surface area contributed by atoms with Gasteiger partial charge in [-0.05, 0) is 90.8 Å². The molecule has 0 saturated carbocycles. The van der Waals surface area contributed by atoms with Gasteiger partial charge in [0.2, 0.25) is 41.3 Å². The number of halogens is 1. The number of amides is 8. The van der Waals surface area contributed by atoms with Gasteiger partial charge in [0, 0.05) is 112 Å². The molecule has 5 heterocycles. The van der Waals surface area contributed by atoms with E-state index in [1.165, 1.54) is 26.2 Å². The molecule has 8 amide bonds. The Hall–Kier alpha value is -9.54. The van der Waals surface area contributed by atoms with Crippen LogP contribution in [0.15, 0.2) is 99.8 Å². The highest BCUT2D eigenvalue weighted by molar-refractivity contribution is 5.96. The normalized spacial score (nSPS) is 17.7. The number of hydrogen-bond acceptors (Lipinski definition) is 24. The molecule has 3 saturated heterocycles. The lowest BCUT2D eigenvalue weighted by atomic mass is 10.1. The molecule has 0 spiro atoms. The minimum absolute atomic E-state index is 0. The number of carbonyl (C=O) groups is 9. The SMILES string of the molecule is CC(C)(C)OC(=O)NCC(=O)N1C[C@H](NC(=O)c2ccccc2)C[C@H]1C(=O)O.CO.COC(C)(OC)OC.Cc1nnc([C@@H]2C[C@@H](NC(=O)c3ccccc3)CN2C(=O)CN)o1.Cc1nnc([C@@H]2C[C@@H](NC(=O)c3ccccc3)CN2C(=O)CNC(=O)OC(C)(C)C)o1.Cl.N=N.[HH]. The Morgan fingerprint density at radius 3 is 1.14 bits per heavy atom. The number of rotatable bonds is 17. The number of alkyl carbamates (subject to hydrolysis) is 2. The van der Waals surface area contributed by atoms with E-state index in [2.05, 4.69) is 47.0 Å². The predicted octanol–water partition coefficient (Wildman–Crippen LogP) is 4.85. The molecule has 0 unspecified atom stereocenters. The second kappa shape index (κ2) is 40.0. The molecule has 3 aromatic carbocycles. The van der Waals surface area contributed by atoms with Gasteiger partial charge >= 0.3 is 18.2 Å². The number of carboxylic acid groups (broad SMARTS) is 1. The maximum atomic E-state index is 12.9. The summed E-state index contributed by atoms with van der Waals surface area (Å²) in [4.78, 5) is 114. The molecule has 0 aliphatic carbocycles. The predicted molar refractivity (Wildman–Crippen MR) is 347 cm³/mol. The van der Waals surface area contributed by atoms with Crippen LogP contribution in [0.2, 0.25) is 0 Å². The zero-order valence-corrected chi connectivity index (χ0v) is 56.8. The third-order valence-electron chi connectivity index (χ3n) is 13.8. The molecule has 6 atom stereocenters. The summed E-state index contributed by atoms with van der Waals surface area (Å²) in [5.74, 6) is -2.43. The van der Waals surface area contributed by atoms with E-state index in [9.17, 15) is 48.3 Å². The molecule has 530 valence electrons. The van der Waals surface area contributed by atoms with E-state index in [1.54, 1.807) is 146 Å². The zero-order chi connectivity index (χ0) is 71.2. The number of nitrogens with one attached hydrogen (secondary N) is 7. The molecule has 34 heteroatoms. The Balaban J connectivity index is 0.000000667. The summed E-state index contributed by atoms with van der Waals surface area (Å²) >= 11 is 0. The summed E-state index contributed by atoms with van der Waals surface area (Å²) in [6.07, 6.45) is -0.434. The summed E-state index contributed by atoms with van der Waals surface area (Å²) in [5, 5.41) is 45.5. The van der Waals surface area contributed by atoms with Crippen molar-refractivity contribution in [3.63, 3.8) is 0 Å². The molecule has 3 aliphatic heterocycles. The minimum atomic E-state index is -1.16. The van der Waals surface area contributed by atoms with Crippen LogP contribution in [-0.4, -0.2) is 208 Å². The number of likely N-dealkylation sites (tertiary alicyclic amines) is 3. The van der Waals surface area contributed by atoms with Crippen LogP contribution < -0.4 is 32.3 Å². The number of methoxy groups -OCH3 is 3. The third-order valence-corrected chi connectivity index (χ3v) is 13.8. The van der Waals surface area contributed by atoms with Gasteiger partial charge in [0.25, 0.3) is 23.7 Å². The average molecular weight is 1370 g/mol. The van der Waals surface area contributed by atoms with Crippen molar-refractivity contribution < 1.29 is 87.3 Å². The molecule has 96 heavy (non-hydrogen) atoms. The van der Waals surface area contributed by atoms with E-state index in [-0.39, 0.29) is 94.1 Å². The molecule has 8 rings (SSSR count). The van der Waals surface area contributed by atoms with Crippen LogP contribution in [0.4, 0.5) is 9.59 Å². The van der Waals surface area contributed by atoms with Crippen LogP contribution in [0.25, 0.3) is 0 Å². The van der Waals surface area contributed by atoms with Gasteiger partial charge < -0.3 is 89.7 Å². The Morgan fingerprint density at radius 2 is 0.854 bits per heavy atom. The fraction of sp³-hybridized carbons (Fsp3) is 0.500. The van der Waals surface area contributed by atoms with Crippen molar-refractivity contribution in [2.75, 3.05) is 67.7 Å². The van der Waals surface area contributed by atoms with E-state index in [0.29, 0.717) is 59.6 Å². The summed E-state index contributed by atoms with van der Waals surface area (Å²) in [6, 6.07) is 23.3. The molecule has 5 aromatic rings. The number of aliphatic hydroxyl groups excluding tert-OH is 1. The van der Waals surface area contributed by atoms with Crippen LogP contribution in [0.3, 0.4) is 0 Å². The first-order valence-electron chi connectivity index (χ1n) is 29.7. The minimum Gasteiger partial charge on any atom is -0.480 e. The van der Waals surface area contributed by atoms with Crippen molar-refractivity contribution in [3.8, 4) is 0 Å². The number of nitrogens with zero attached hydrogens (tertiary/aromatic N) is 7. The number of aryl methyl sites for hydroxylation is 2. The second-order valence-electron chi connectivity index (χ2n) is 23.0. The number of hydrogen-bond donors (Lipinski definition) is 10. The van der Waals surface area contributed by atoms with Gasteiger partial charge in [-0.25, -0.2) is 25.4 Å². The number of aliphatic hydroxyl groups is 1. The first kappa shape index (κ1) is 82.6. The van der Waals surface area contributed by atoms with Crippen molar-refractivity contribution in [1.29, 1.82) is 11.1 Å². The van der Waals surface area contributed by atoms with Gasteiger partial charge in [-0.15, -0.1) is 32.8 Å². The average Bonchev–Trinajstić information content (AvgIpc) is 1.82. The van der Waals surface area contributed by atoms with Crippen LogP contribution >= 0.6 is 12.4 Å². The van der Waals surface area contributed by atoms with E-state index in [1.807, 2.05) is 12.1 Å². The number of carboxylic acids is 1. The van der Waals surface area contributed by atoms with Crippen LogP contribution in [0.5, 0.6) is 0 Å². The lowest BCUT2D eigenvalue weighted by Gasteiger charge is -2.23. The topological polar surface area (TPSA) is 462 Å². The molecular weight excluding hydrogens is 1280 g/mol. The van der Waals surface area contributed by atoms with Gasteiger partial charge in [-0.3, -0.25) is 28.8 Å². The zero-order valence-electron chi connectivity index (χ0n) is 56.0. The van der Waals surface area contributed by atoms with Gasteiger partial charge in [-0.2, -0.15) is 0 Å². The molecule has 2 aromatic heterocycles. The first-order chi connectivity index (χ1) is 44.9. The number of aliphatic carboxylic acids is 1. The van der Waals surface area contributed by atoms with Gasteiger partial charge in [0.1, 0.15) is 42.4 Å². The third kappa shape index (κ3) is 27.1. The lowest BCUT2D eigenvalue weighted by Crippen LogP contribution is -2.46. The van der Waals surface area contributed by atoms with E-state index >= 15 is 0 Å². The maximum absolute atomic E-state index is 12.9. The van der Waals surface area contributed by atoms with Crippen LogP contribution in [-0.2, 0) is 42.9 Å². The fourth-order valence-electron chi connectivity index (χ4n) is 9.31. The van der Waals surface area contributed by atoms with Crippen molar-refractivity contribution in [3.05, 3.63) is 131 Å². The molecule has 0 bridgehead atoms. The van der Waals surface area contributed by atoms with Crippen molar-refractivity contribution in [1.82, 2.24) is 61.7 Å². The lowest BCUT2D eigenvalue weighted by molar-refractivity contribution is -0.340. The van der Waals surface area contributed by atoms with E-state index in [4.69, 9.17) is 54.4 Å². The molecular formula is C62H92ClN15O18. The first-order valence-corrected chi connectivity index (χ1v) is 29.7. The maximum Gasteiger partial charge on any atom is 0.408 e. The number of ether oxygens (including phenoxy) is 5. The summed E-state index contributed by atoms with van der Waals surface area (Å²) in [5.41, 5.74) is 15.7. The monoisotopic (exact) mass is 1370 g/mol. The second-order valence-corrected chi connectivity index (χ2v) is 23.0. The Labute approximate surface area is 563 Å². The quantitative estimate of drug-likeness (QED) is 0.0439. The largest absolute Gasteiger partial charge is 0.480 e. The molecule has 0 radical (unpaired) electrons. The molecule has 3 aliphatic rings. The van der Waals surface area contributed by atoms with Crippen LogP contribution in [0.1, 0.15) is 136 Å². The van der Waals surface area contributed by atoms with Crippen molar-refractivity contribution >= 4 is 66.0 Å². The molecule has 3 fully saturated rings. The number of nitrogens with two attached hydrogens (primary N) is 1. The number of carbonyl (C=O) groups excluding carboxylic acids is 8.